The van der Waals surface area contributed by atoms with Gasteiger partial charge in [0.05, 0.1) is 13.2 Å². The molecule has 0 aromatic rings. The van der Waals surface area contributed by atoms with Crippen LogP contribution in [0.4, 0.5) is 4.79 Å². The maximum Gasteiger partial charge on any atom is 0.407 e. The van der Waals surface area contributed by atoms with Crippen LogP contribution >= 0.6 is 0 Å². The van der Waals surface area contributed by atoms with Gasteiger partial charge in [0.15, 0.2) is 0 Å². The fourth-order valence-electron chi connectivity index (χ4n) is 1.00. The Morgan fingerprint density at radius 2 is 1.67 bits per heavy atom. The number of alkyl carbamates (subject to hydrolysis) is 1. The van der Waals surface area contributed by atoms with Crippen molar-refractivity contribution in [1.82, 2.24) is 5.32 Å². The second-order valence-corrected chi connectivity index (χ2v) is 2.47. The Labute approximate surface area is 93.3 Å². The van der Waals surface area contributed by atoms with Gasteiger partial charge < -0.3 is 14.8 Å². The average Bonchev–Trinajstić information content (AvgIpc) is 2.35. The first kappa shape index (κ1) is 16.7. The minimum absolute atomic E-state index is 0.0451. The molecular weight excluding hydrogens is 194 g/mol. The van der Waals surface area contributed by atoms with Gasteiger partial charge in [-0.15, -0.1) is 0 Å². The van der Waals surface area contributed by atoms with Crippen molar-refractivity contribution in [2.24, 2.45) is 0 Å². The molecule has 1 aliphatic rings. The van der Waals surface area contributed by atoms with Crippen LogP contribution in [-0.2, 0) is 9.47 Å². The van der Waals surface area contributed by atoms with Crippen molar-refractivity contribution < 1.29 is 14.3 Å². The molecule has 92 valence electrons. The highest BCUT2D eigenvalue weighted by molar-refractivity contribution is 5.66. The van der Waals surface area contributed by atoms with Gasteiger partial charge in [0.25, 0.3) is 0 Å². The van der Waals surface area contributed by atoms with E-state index >= 15 is 0 Å². The lowest BCUT2D eigenvalue weighted by atomic mass is 10.2. The average molecular weight is 219 g/mol. The van der Waals surface area contributed by atoms with E-state index in [9.17, 15) is 4.79 Å². The predicted molar refractivity (Wildman–Crippen MR) is 62.1 cm³/mol. The Hall–Kier alpha value is -0.770. The molecule has 0 aromatic heterocycles. The number of nitrogens with one attached hydrogen (secondary N) is 1. The highest BCUT2D eigenvalue weighted by atomic mass is 16.6. The van der Waals surface area contributed by atoms with Crippen LogP contribution in [0.15, 0.2) is 0 Å². The van der Waals surface area contributed by atoms with Crippen LogP contribution in [0, 0.1) is 0 Å². The summed E-state index contributed by atoms with van der Waals surface area (Å²) in [5.41, 5.74) is 0. The summed E-state index contributed by atoms with van der Waals surface area (Å²) in [6.07, 6.45) is 1.32. The van der Waals surface area contributed by atoms with Crippen LogP contribution in [0.25, 0.3) is 0 Å². The van der Waals surface area contributed by atoms with Crippen LogP contribution < -0.4 is 5.32 Å². The molecule has 0 atom stereocenters. The molecule has 0 spiro atoms. The van der Waals surface area contributed by atoms with E-state index in [4.69, 9.17) is 9.47 Å². The molecule has 0 bridgehead atoms. The van der Waals surface area contributed by atoms with Gasteiger partial charge >= 0.3 is 6.09 Å². The summed E-state index contributed by atoms with van der Waals surface area (Å²) in [7, 11) is 1.56. The maximum atomic E-state index is 10.7. The van der Waals surface area contributed by atoms with Crippen molar-refractivity contribution in [2.45, 2.75) is 46.6 Å². The highest BCUT2D eigenvalue weighted by Crippen LogP contribution is 2.10. The molecule has 1 fully saturated rings. The highest BCUT2D eigenvalue weighted by Gasteiger charge is 2.16. The first-order valence-electron chi connectivity index (χ1n) is 5.79. The zero-order valence-corrected chi connectivity index (χ0v) is 10.6. The second-order valence-electron chi connectivity index (χ2n) is 2.47. The van der Waals surface area contributed by atoms with Crippen molar-refractivity contribution >= 4 is 6.09 Å². The molecule has 0 unspecified atom stereocenters. The van der Waals surface area contributed by atoms with Crippen LogP contribution in [0.5, 0.6) is 0 Å². The van der Waals surface area contributed by atoms with Gasteiger partial charge in [0.2, 0.25) is 0 Å². The van der Waals surface area contributed by atoms with Gasteiger partial charge in [0, 0.05) is 19.9 Å². The van der Waals surface area contributed by atoms with Crippen LogP contribution in [-0.4, -0.2) is 32.5 Å². The van der Waals surface area contributed by atoms with E-state index in [-0.39, 0.29) is 12.2 Å². The number of carbonyl (C=O) groups is 1. The number of rotatable bonds is 1. The van der Waals surface area contributed by atoms with Crippen LogP contribution in [0.3, 0.4) is 0 Å². The number of carbonyl (C=O) groups excluding carboxylic acids is 1. The predicted octanol–water partition coefficient (Wildman–Crippen LogP) is 2.57. The van der Waals surface area contributed by atoms with E-state index in [1.54, 1.807) is 7.05 Å². The zero-order valence-electron chi connectivity index (χ0n) is 10.6. The molecule has 1 rings (SSSR count). The summed E-state index contributed by atoms with van der Waals surface area (Å²) in [6, 6.07) is 0. The summed E-state index contributed by atoms with van der Waals surface area (Å²) in [4.78, 5) is 10.7. The number of ether oxygens (including phenoxy) is 2. The van der Waals surface area contributed by atoms with Crippen molar-refractivity contribution in [1.29, 1.82) is 0 Å². The van der Waals surface area contributed by atoms with Crippen molar-refractivity contribution in [3.8, 4) is 0 Å². The lowest BCUT2D eigenvalue weighted by Crippen LogP contribution is -2.30. The Bertz CT molecular complexity index is 134. The summed E-state index contributed by atoms with van der Waals surface area (Å²) >= 11 is 0. The molecule has 4 heteroatoms. The first-order chi connectivity index (χ1) is 7.33. The summed E-state index contributed by atoms with van der Waals surface area (Å²) in [6.45, 7) is 9.39. The Balaban J connectivity index is 0. The Kier molecular flexibility index (Phi) is 14.7. The Morgan fingerprint density at radius 1 is 1.20 bits per heavy atom. The first-order valence-corrected chi connectivity index (χ1v) is 5.79. The molecule has 0 radical (unpaired) electrons. The van der Waals surface area contributed by atoms with Gasteiger partial charge in [0.1, 0.15) is 6.10 Å². The second kappa shape index (κ2) is 13.2. The molecule has 0 aromatic carbocycles. The normalized spacial score (nSPS) is 15.0. The van der Waals surface area contributed by atoms with Crippen LogP contribution in [0.2, 0.25) is 0 Å². The monoisotopic (exact) mass is 219 g/mol. The third-order valence-corrected chi connectivity index (χ3v) is 1.65. The molecule has 15 heavy (non-hydrogen) atoms. The standard InChI is InChI=1S/C7H13NO3.2C2H6/c1-8-7(9)11-6-2-4-10-5-3-6;2*1-2/h6H,2-5H2,1H3,(H,8,9);2*1-2H3. The minimum atomic E-state index is -0.350. The van der Waals surface area contributed by atoms with Crippen molar-refractivity contribution in [3.05, 3.63) is 0 Å². The number of amides is 1. The maximum absolute atomic E-state index is 10.7. The van der Waals surface area contributed by atoms with E-state index in [1.165, 1.54) is 0 Å². The smallest absolute Gasteiger partial charge is 0.407 e. The SMILES string of the molecule is CC.CC.CNC(=O)OC1CCOCC1. The molecule has 1 heterocycles. The van der Waals surface area contributed by atoms with Gasteiger partial charge in [-0.3, -0.25) is 0 Å². The van der Waals surface area contributed by atoms with E-state index in [2.05, 4.69) is 5.32 Å². The lowest BCUT2D eigenvalue weighted by Gasteiger charge is -2.21. The van der Waals surface area contributed by atoms with Gasteiger partial charge in [-0.1, -0.05) is 27.7 Å². The van der Waals surface area contributed by atoms with E-state index < -0.39 is 0 Å². The molecule has 4 nitrogen and oxygen atoms in total. The van der Waals surface area contributed by atoms with Gasteiger partial charge in [-0.05, 0) is 0 Å². The number of hydrogen-bond acceptors (Lipinski definition) is 3. The van der Waals surface area contributed by atoms with Gasteiger partial charge in [-0.2, -0.15) is 0 Å². The molecule has 1 N–H and O–H groups in total. The van der Waals surface area contributed by atoms with E-state index in [1.807, 2.05) is 27.7 Å². The molecule has 1 amide bonds. The molecule has 0 saturated carbocycles. The molecule has 1 saturated heterocycles. The fraction of sp³-hybridized carbons (Fsp3) is 0.909. The third-order valence-electron chi connectivity index (χ3n) is 1.65. The summed E-state index contributed by atoms with van der Waals surface area (Å²) in [5.74, 6) is 0. The minimum Gasteiger partial charge on any atom is -0.446 e. The largest absolute Gasteiger partial charge is 0.446 e. The molecule has 0 aliphatic carbocycles. The number of hydrogen-bond donors (Lipinski definition) is 1. The zero-order chi connectivity index (χ0) is 12.1. The third kappa shape index (κ3) is 9.53. The van der Waals surface area contributed by atoms with Gasteiger partial charge in [-0.25, -0.2) is 4.79 Å². The topological polar surface area (TPSA) is 47.6 Å². The van der Waals surface area contributed by atoms with E-state index in [0.29, 0.717) is 13.2 Å². The van der Waals surface area contributed by atoms with Crippen molar-refractivity contribution in [3.63, 3.8) is 0 Å². The Morgan fingerprint density at radius 3 is 2.07 bits per heavy atom. The quantitative estimate of drug-likeness (QED) is 0.737. The fourth-order valence-corrected chi connectivity index (χ4v) is 1.00. The van der Waals surface area contributed by atoms with Crippen molar-refractivity contribution in [2.75, 3.05) is 20.3 Å². The van der Waals surface area contributed by atoms with E-state index in [0.717, 1.165) is 12.8 Å². The molecule has 1 aliphatic heterocycles. The summed E-state index contributed by atoms with van der Waals surface area (Å²) in [5, 5.41) is 2.41. The summed E-state index contributed by atoms with van der Waals surface area (Å²) < 4.78 is 10.1. The lowest BCUT2D eigenvalue weighted by molar-refractivity contribution is 0.00220. The van der Waals surface area contributed by atoms with Crippen LogP contribution in [0.1, 0.15) is 40.5 Å². The molecular formula is C11H25NO3.